The molecule has 0 atom stereocenters. The third-order valence-corrected chi connectivity index (χ3v) is 2.00. The standard InChI is InChI=1S/C9H11ClO2/c1-12-8-2-3-9(10)7(6-8)4-5-11/h2-3,6,11H,4-5H2,1H3. The number of aliphatic hydroxyl groups excluding tert-OH is 1. The van der Waals surface area contributed by atoms with Crippen LogP contribution >= 0.6 is 11.6 Å². The number of methoxy groups -OCH3 is 1. The Morgan fingerprint density at radius 2 is 2.25 bits per heavy atom. The predicted molar refractivity (Wildman–Crippen MR) is 48.8 cm³/mol. The molecule has 0 aliphatic carbocycles. The van der Waals surface area contributed by atoms with E-state index in [1.165, 1.54) is 0 Å². The quantitative estimate of drug-likeness (QED) is 0.781. The van der Waals surface area contributed by atoms with Crippen LogP contribution in [0.3, 0.4) is 0 Å². The average molecular weight is 187 g/mol. The number of aliphatic hydroxyl groups is 1. The topological polar surface area (TPSA) is 29.5 Å². The molecule has 0 radical (unpaired) electrons. The maximum absolute atomic E-state index is 8.71. The molecule has 0 heterocycles. The number of hydrogen-bond acceptors (Lipinski definition) is 2. The van der Waals surface area contributed by atoms with E-state index >= 15 is 0 Å². The number of hydrogen-bond donors (Lipinski definition) is 1. The second-order valence-corrected chi connectivity index (χ2v) is 2.84. The van der Waals surface area contributed by atoms with Gasteiger partial charge >= 0.3 is 0 Å². The molecule has 0 bridgehead atoms. The van der Waals surface area contributed by atoms with Gasteiger partial charge in [-0.2, -0.15) is 0 Å². The Balaban J connectivity index is 2.91. The lowest BCUT2D eigenvalue weighted by molar-refractivity contribution is 0.299. The van der Waals surface area contributed by atoms with Crippen molar-refractivity contribution in [3.63, 3.8) is 0 Å². The van der Waals surface area contributed by atoms with Crippen LogP contribution in [0.15, 0.2) is 18.2 Å². The Kier molecular flexibility index (Phi) is 3.38. The van der Waals surface area contributed by atoms with E-state index in [-0.39, 0.29) is 6.61 Å². The number of halogens is 1. The van der Waals surface area contributed by atoms with Gasteiger partial charge in [0.2, 0.25) is 0 Å². The van der Waals surface area contributed by atoms with Crippen molar-refractivity contribution >= 4 is 11.6 Å². The summed E-state index contributed by atoms with van der Waals surface area (Å²) in [6.07, 6.45) is 0.566. The van der Waals surface area contributed by atoms with E-state index < -0.39 is 0 Å². The van der Waals surface area contributed by atoms with Crippen molar-refractivity contribution in [2.75, 3.05) is 13.7 Å². The highest BCUT2D eigenvalue weighted by molar-refractivity contribution is 6.31. The van der Waals surface area contributed by atoms with Crippen molar-refractivity contribution in [1.82, 2.24) is 0 Å². The molecule has 0 amide bonds. The van der Waals surface area contributed by atoms with Crippen LogP contribution in [-0.2, 0) is 6.42 Å². The van der Waals surface area contributed by atoms with E-state index in [9.17, 15) is 0 Å². The summed E-state index contributed by atoms with van der Waals surface area (Å²) in [7, 11) is 1.60. The monoisotopic (exact) mass is 186 g/mol. The zero-order chi connectivity index (χ0) is 8.97. The molecule has 2 nitrogen and oxygen atoms in total. The average Bonchev–Trinajstić information content (AvgIpc) is 2.09. The van der Waals surface area contributed by atoms with Gasteiger partial charge in [0, 0.05) is 11.6 Å². The first kappa shape index (κ1) is 9.36. The molecule has 1 aromatic rings. The fourth-order valence-electron chi connectivity index (χ4n) is 0.990. The minimum atomic E-state index is 0.104. The van der Waals surface area contributed by atoms with Crippen molar-refractivity contribution in [2.24, 2.45) is 0 Å². The molecule has 0 aliphatic heterocycles. The van der Waals surface area contributed by atoms with Gasteiger partial charge in [-0.15, -0.1) is 0 Å². The highest BCUT2D eigenvalue weighted by atomic mass is 35.5. The lowest BCUT2D eigenvalue weighted by Crippen LogP contribution is -1.92. The van der Waals surface area contributed by atoms with Crippen LogP contribution in [0, 0.1) is 0 Å². The van der Waals surface area contributed by atoms with Crippen LogP contribution in [0.1, 0.15) is 5.56 Å². The van der Waals surface area contributed by atoms with E-state index in [2.05, 4.69) is 0 Å². The smallest absolute Gasteiger partial charge is 0.119 e. The first-order chi connectivity index (χ1) is 5.77. The minimum absolute atomic E-state index is 0.104. The maximum atomic E-state index is 8.71. The molecule has 0 saturated heterocycles. The summed E-state index contributed by atoms with van der Waals surface area (Å²) >= 11 is 5.87. The molecule has 12 heavy (non-hydrogen) atoms. The van der Waals surface area contributed by atoms with Crippen LogP contribution in [-0.4, -0.2) is 18.8 Å². The third kappa shape index (κ3) is 2.13. The summed E-state index contributed by atoms with van der Waals surface area (Å²) in [5.74, 6) is 0.767. The zero-order valence-electron chi connectivity index (χ0n) is 6.88. The van der Waals surface area contributed by atoms with Crippen LogP contribution in [0.4, 0.5) is 0 Å². The van der Waals surface area contributed by atoms with Gasteiger partial charge in [0.25, 0.3) is 0 Å². The summed E-state index contributed by atoms with van der Waals surface area (Å²) in [6.45, 7) is 0.104. The Bertz CT molecular complexity index is 261. The van der Waals surface area contributed by atoms with Crippen molar-refractivity contribution in [3.05, 3.63) is 28.8 Å². The van der Waals surface area contributed by atoms with Crippen molar-refractivity contribution < 1.29 is 9.84 Å². The molecule has 3 heteroatoms. The van der Waals surface area contributed by atoms with Gasteiger partial charge in [-0.3, -0.25) is 0 Å². The van der Waals surface area contributed by atoms with Crippen molar-refractivity contribution in [1.29, 1.82) is 0 Å². The van der Waals surface area contributed by atoms with Gasteiger partial charge in [0.05, 0.1) is 7.11 Å². The summed E-state index contributed by atoms with van der Waals surface area (Å²) < 4.78 is 5.02. The van der Waals surface area contributed by atoms with E-state index in [1.807, 2.05) is 6.07 Å². The fourth-order valence-corrected chi connectivity index (χ4v) is 1.20. The third-order valence-electron chi connectivity index (χ3n) is 1.63. The highest BCUT2D eigenvalue weighted by Crippen LogP contribution is 2.21. The van der Waals surface area contributed by atoms with Gasteiger partial charge in [0.1, 0.15) is 5.75 Å². The molecular formula is C9H11ClO2. The largest absolute Gasteiger partial charge is 0.497 e. The molecule has 1 rings (SSSR count). The summed E-state index contributed by atoms with van der Waals surface area (Å²) in [5.41, 5.74) is 0.915. The van der Waals surface area contributed by atoms with Crippen LogP contribution in [0.25, 0.3) is 0 Å². The first-order valence-corrected chi connectivity index (χ1v) is 4.09. The maximum Gasteiger partial charge on any atom is 0.119 e. The van der Waals surface area contributed by atoms with Gasteiger partial charge < -0.3 is 9.84 Å². The molecule has 0 fully saturated rings. The summed E-state index contributed by atoms with van der Waals surface area (Å²) in [5, 5.41) is 9.38. The Morgan fingerprint density at radius 3 is 2.83 bits per heavy atom. The second kappa shape index (κ2) is 4.33. The van der Waals surface area contributed by atoms with Gasteiger partial charge in [0.15, 0.2) is 0 Å². The fraction of sp³-hybridized carbons (Fsp3) is 0.333. The van der Waals surface area contributed by atoms with Crippen molar-refractivity contribution in [3.8, 4) is 5.75 Å². The molecule has 1 aromatic carbocycles. The Hall–Kier alpha value is -0.730. The van der Waals surface area contributed by atoms with Gasteiger partial charge in [-0.05, 0) is 30.2 Å². The minimum Gasteiger partial charge on any atom is -0.497 e. The molecule has 0 aromatic heterocycles. The number of rotatable bonds is 3. The lowest BCUT2D eigenvalue weighted by Gasteiger charge is -2.04. The molecule has 0 unspecified atom stereocenters. The molecular weight excluding hydrogens is 176 g/mol. The van der Waals surface area contributed by atoms with Crippen LogP contribution in [0.2, 0.25) is 5.02 Å². The molecule has 66 valence electrons. The molecule has 0 spiro atoms. The number of benzene rings is 1. The van der Waals surface area contributed by atoms with Gasteiger partial charge in [-0.25, -0.2) is 0 Å². The number of ether oxygens (including phenoxy) is 1. The van der Waals surface area contributed by atoms with E-state index in [0.717, 1.165) is 11.3 Å². The highest BCUT2D eigenvalue weighted by Gasteiger charge is 2.00. The van der Waals surface area contributed by atoms with E-state index in [4.69, 9.17) is 21.4 Å². The van der Waals surface area contributed by atoms with E-state index in [0.29, 0.717) is 11.4 Å². The SMILES string of the molecule is COc1ccc(Cl)c(CCO)c1. The predicted octanol–water partition coefficient (Wildman–Crippen LogP) is 1.88. The molecule has 0 aliphatic rings. The Morgan fingerprint density at radius 1 is 1.50 bits per heavy atom. The first-order valence-electron chi connectivity index (χ1n) is 3.71. The Labute approximate surface area is 76.7 Å². The molecule has 1 N–H and O–H groups in total. The van der Waals surface area contributed by atoms with Crippen molar-refractivity contribution in [2.45, 2.75) is 6.42 Å². The zero-order valence-corrected chi connectivity index (χ0v) is 7.64. The molecule has 0 saturated carbocycles. The van der Waals surface area contributed by atoms with Gasteiger partial charge in [-0.1, -0.05) is 11.6 Å². The lowest BCUT2D eigenvalue weighted by atomic mass is 10.1. The summed E-state index contributed by atoms with van der Waals surface area (Å²) in [4.78, 5) is 0. The van der Waals surface area contributed by atoms with Crippen LogP contribution in [0.5, 0.6) is 5.75 Å². The van der Waals surface area contributed by atoms with Crippen LogP contribution < -0.4 is 4.74 Å². The second-order valence-electron chi connectivity index (χ2n) is 2.43. The normalized spacial score (nSPS) is 9.92. The summed E-state index contributed by atoms with van der Waals surface area (Å²) in [6, 6.07) is 5.40. The van der Waals surface area contributed by atoms with E-state index in [1.54, 1.807) is 19.2 Å².